The van der Waals surface area contributed by atoms with Gasteiger partial charge in [-0.15, -0.1) is 0 Å². The van der Waals surface area contributed by atoms with Crippen LogP contribution in [-0.2, 0) is 22.6 Å². The predicted molar refractivity (Wildman–Crippen MR) is 143 cm³/mol. The van der Waals surface area contributed by atoms with Crippen molar-refractivity contribution >= 4 is 23.5 Å². The molecule has 1 aliphatic carbocycles. The fraction of sp³-hybridized carbons (Fsp3) is 0.483. The van der Waals surface area contributed by atoms with Crippen molar-refractivity contribution < 1.29 is 29.3 Å². The van der Waals surface area contributed by atoms with Gasteiger partial charge >= 0.3 is 5.97 Å². The number of carbonyl (C=O) groups is 3. The van der Waals surface area contributed by atoms with Crippen molar-refractivity contribution in [2.24, 2.45) is 11.8 Å². The van der Waals surface area contributed by atoms with E-state index in [9.17, 15) is 19.5 Å². The number of anilines is 1. The lowest BCUT2D eigenvalue weighted by molar-refractivity contribution is -0.134. The van der Waals surface area contributed by atoms with Crippen LogP contribution in [-0.4, -0.2) is 76.7 Å². The lowest BCUT2D eigenvalue weighted by Crippen LogP contribution is -2.47. The molecular formula is C29H37N3O6. The third kappa shape index (κ3) is 6.90. The number of nitrogens with one attached hydrogen (secondary N) is 1. The number of benzene rings is 2. The third-order valence-electron chi connectivity index (χ3n) is 7.28. The van der Waals surface area contributed by atoms with Crippen molar-refractivity contribution in [3.63, 3.8) is 0 Å². The first-order chi connectivity index (χ1) is 18.1. The lowest BCUT2D eigenvalue weighted by atomic mass is 10.0. The number of rotatable bonds is 9. The second-order valence-corrected chi connectivity index (χ2v) is 10.7. The van der Waals surface area contributed by atoms with Crippen LogP contribution in [0.5, 0.6) is 5.75 Å². The van der Waals surface area contributed by atoms with Gasteiger partial charge in [0.2, 0.25) is 11.8 Å². The van der Waals surface area contributed by atoms with E-state index in [4.69, 9.17) is 9.84 Å². The molecule has 0 unspecified atom stereocenters. The molecule has 2 aromatic rings. The van der Waals surface area contributed by atoms with Crippen LogP contribution in [0.3, 0.4) is 0 Å². The number of aliphatic hydroxyl groups excluding tert-OH is 1. The third-order valence-corrected chi connectivity index (χ3v) is 7.28. The van der Waals surface area contributed by atoms with Gasteiger partial charge in [0.1, 0.15) is 11.9 Å². The number of carboxylic acids is 1. The Kier molecular flexibility index (Phi) is 8.69. The molecule has 38 heavy (non-hydrogen) atoms. The number of likely N-dealkylation sites (N-methyl/N-ethyl adjacent to an activating group) is 1. The van der Waals surface area contributed by atoms with E-state index in [2.05, 4.69) is 10.2 Å². The van der Waals surface area contributed by atoms with Crippen molar-refractivity contribution in [1.82, 2.24) is 9.80 Å². The molecule has 0 radical (unpaired) electrons. The van der Waals surface area contributed by atoms with Crippen molar-refractivity contribution in [3.05, 3.63) is 59.2 Å². The van der Waals surface area contributed by atoms with E-state index in [1.54, 1.807) is 17.0 Å². The molecule has 1 heterocycles. The SMILES string of the molecule is C[C@@H]1CN([C@@H](C)CO)C(=O)Cc2cc(NC(=O)C3CC3)ccc2O[C@H]1CN(C)Cc1ccc(C(=O)O)cc1. The molecule has 0 aromatic heterocycles. The summed E-state index contributed by atoms with van der Waals surface area (Å²) in [6.45, 7) is 5.34. The topological polar surface area (TPSA) is 119 Å². The van der Waals surface area contributed by atoms with Gasteiger partial charge in [0.25, 0.3) is 0 Å². The van der Waals surface area contributed by atoms with Crippen molar-refractivity contribution in [1.29, 1.82) is 0 Å². The highest BCUT2D eigenvalue weighted by molar-refractivity contribution is 5.94. The Morgan fingerprint density at radius 1 is 1.18 bits per heavy atom. The first-order valence-electron chi connectivity index (χ1n) is 13.2. The van der Waals surface area contributed by atoms with Gasteiger partial charge in [-0.1, -0.05) is 19.1 Å². The summed E-state index contributed by atoms with van der Waals surface area (Å²) < 4.78 is 6.54. The summed E-state index contributed by atoms with van der Waals surface area (Å²) in [4.78, 5) is 40.6. The molecule has 0 bridgehead atoms. The zero-order valence-corrected chi connectivity index (χ0v) is 22.2. The Balaban J connectivity index is 1.56. The minimum Gasteiger partial charge on any atom is -0.488 e. The lowest BCUT2D eigenvalue weighted by Gasteiger charge is -2.34. The Morgan fingerprint density at radius 2 is 1.89 bits per heavy atom. The van der Waals surface area contributed by atoms with Gasteiger partial charge in [0.05, 0.1) is 24.6 Å². The largest absolute Gasteiger partial charge is 0.488 e. The molecule has 0 saturated heterocycles. The highest BCUT2D eigenvalue weighted by Gasteiger charge is 2.32. The summed E-state index contributed by atoms with van der Waals surface area (Å²) in [6.07, 6.45) is 1.66. The van der Waals surface area contributed by atoms with E-state index in [0.29, 0.717) is 36.6 Å². The van der Waals surface area contributed by atoms with Crippen LogP contribution in [0.4, 0.5) is 5.69 Å². The quantitative estimate of drug-likeness (QED) is 0.462. The standard InChI is InChI=1S/C29H37N3O6/c1-18-14-32(19(2)17-33)27(34)13-23-12-24(30-28(35)21-8-9-21)10-11-25(23)38-26(18)16-31(3)15-20-4-6-22(7-5-20)29(36)37/h4-7,10-12,18-19,21,26,33H,8-9,13-17H2,1-3H3,(H,30,35)(H,36,37)/t18-,19+,26+/m1/s1. The summed E-state index contributed by atoms with van der Waals surface area (Å²) in [6, 6.07) is 11.9. The van der Waals surface area contributed by atoms with Crippen molar-refractivity contribution in [2.75, 3.05) is 32.1 Å². The summed E-state index contributed by atoms with van der Waals surface area (Å²) in [5.41, 5.74) is 2.57. The van der Waals surface area contributed by atoms with Gasteiger partial charge in [-0.05, 0) is 62.7 Å². The van der Waals surface area contributed by atoms with Crippen molar-refractivity contribution in [3.8, 4) is 5.75 Å². The van der Waals surface area contributed by atoms with Gasteiger partial charge in [-0.3, -0.25) is 14.5 Å². The number of aliphatic hydroxyl groups is 1. The van der Waals surface area contributed by atoms with Crippen LogP contribution in [0.15, 0.2) is 42.5 Å². The number of carbonyl (C=O) groups excluding carboxylic acids is 2. The molecule has 1 saturated carbocycles. The number of ether oxygens (including phenoxy) is 1. The molecule has 2 amide bonds. The molecule has 2 aliphatic rings. The number of hydrogen-bond donors (Lipinski definition) is 3. The summed E-state index contributed by atoms with van der Waals surface area (Å²) >= 11 is 0. The highest BCUT2D eigenvalue weighted by Crippen LogP contribution is 2.32. The maximum atomic E-state index is 13.3. The fourth-order valence-electron chi connectivity index (χ4n) is 4.75. The number of amides is 2. The van der Waals surface area contributed by atoms with Gasteiger partial charge in [0.15, 0.2) is 0 Å². The first-order valence-corrected chi connectivity index (χ1v) is 13.2. The van der Waals surface area contributed by atoms with E-state index < -0.39 is 5.97 Å². The monoisotopic (exact) mass is 523 g/mol. The average Bonchev–Trinajstić information content (AvgIpc) is 3.73. The smallest absolute Gasteiger partial charge is 0.335 e. The minimum absolute atomic E-state index is 0.000279. The van der Waals surface area contributed by atoms with E-state index >= 15 is 0 Å². The Morgan fingerprint density at radius 3 is 2.53 bits per heavy atom. The molecule has 3 N–H and O–H groups in total. The fourth-order valence-corrected chi connectivity index (χ4v) is 4.75. The van der Waals surface area contributed by atoms with E-state index in [1.165, 1.54) is 0 Å². The average molecular weight is 524 g/mol. The zero-order valence-electron chi connectivity index (χ0n) is 22.2. The van der Waals surface area contributed by atoms with E-state index in [-0.39, 0.29) is 54.4 Å². The van der Waals surface area contributed by atoms with Gasteiger partial charge in [0, 0.05) is 42.7 Å². The number of hydrogen-bond acceptors (Lipinski definition) is 6. The molecular weight excluding hydrogens is 486 g/mol. The summed E-state index contributed by atoms with van der Waals surface area (Å²) in [5, 5.41) is 21.9. The van der Waals surface area contributed by atoms with E-state index in [1.807, 2.05) is 51.2 Å². The van der Waals surface area contributed by atoms with Crippen LogP contribution < -0.4 is 10.1 Å². The van der Waals surface area contributed by atoms with Crippen LogP contribution >= 0.6 is 0 Å². The summed E-state index contributed by atoms with van der Waals surface area (Å²) in [7, 11) is 1.98. The molecule has 1 aliphatic heterocycles. The second-order valence-electron chi connectivity index (χ2n) is 10.7. The van der Waals surface area contributed by atoms with Crippen LogP contribution in [0.2, 0.25) is 0 Å². The number of nitrogens with zero attached hydrogens (tertiary/aromatic N) is 2. The Hall–Kier alpha value is -3.43. The molecule has 9 heteroatoms. The minimum atomic E-state index is -0.956. The molecule has 0 spiro atoms. The first kappa shape index (κ1) is 27.6. The molecule has 2 aromatic carbocycles. The second kappa shape index (κ2) is 12.0. The number of aromatic carboxylic acids is 1. The predicted octanol–water partition coefficient (Wildman–Crippen LogP) is 3.01. The number of carboxylic acid groups (broad SMARTS) is 1. The Bertz CT molecular complexity index is 1160. The summed E-state index contributed by atoms with van der Waals surface area (Å²) in [5.74, 6) is -0.410. The van der Waals surface area contributed by atoms with Crippen molar-refractivity contribution in [2.45, 2.75) is 51.8 Å². The molecule has 9 nitrogen and oxygen atoms in total. The maximum Gasteiger partial charge on any atom is 0.335 e. The zero-order chi connectivity index (χ0) is 27.4. The highest BCUT2D eigenvalue weighted by atomic mass is 16.5. The van der Waals surface area contributed by atoms with Gasteiger partial charge in [-0.2, -0.15) is 0 Å². The molecule has 1 fully saturated rings. The van der Waals surface area contributed by atoms with Gasteiger partial charge < -0.3 is 25.2 Å². The normalized spacial score (nSPS) is 20.6. The van der Waals surface area contributed by atoms with Crippen LogP contribution in [0.1, 0.15) is 48.2 Å². The van der Waals surface area contributed by atoms with Crippen LogP contribution in [0.25, 0.3) is 0 Å². The molecule has 4 rings (SSSR count). The van der Waals surface area contributed by atoms with E-state index in [0.717, 1.165) is 18.4 Å². The van der Waals surface area contributed by atoms with Crippen LogP contribution in [0, 0.1) is 11.8 Å². The maximum absolute atomic E-state index is 13.3. The van der Waals surface area contributed by atoms with Gasteiger partial charge in [-0.25, -0.2) is 4.79 Å². The molecule has 3 atom stereocenters. The Labute approximate surface area is 223 Å². The number of fused-ring (bicyclic) bond motifs is 1. The molecule has 204 valence electrons.